The van der Waals surface area contributed by atoms with Crippen molar-refractivity contribution in [1.82, 2.24) is 0 Å². The second-order valence-corrected chi connectivity index (χ2v) is 4.14. The highest BCUT2D eigenvalue weighted by Gasteiger charge is 2.11. The van der Waals surface area contributed by atoms with Gasteiger partial charge >= 0.3 is 0 Å². The van der Waals surface area contributed by atoms with Crippen LogP contribution in [0.25, 0.3) is 0 Å². The monoisotopic (exact) mass is 270 g/mol. The number of hydrogen-bond donors (Lipinski definition) is 0. The van der Waals surface area contributed by atoms with Gasteiger partial charge in [-0.2, -0.15) is 0 Å². The van der Waals surface area contributed by atoms with E-state index < -0.39 is 0 Å². The number of halogens is 1. The van der Waals surface area contributed by atoms with Gasteiger partial charge in [0.2, 0.25) is 0 Å². The molecule has 0 aliphatic heterocycles. The molecule has 2 nitrogen and oxygen atoms in total. The van der Waals surface area contributed by atoms with Crippen molar-refractivity contribution in [3.63, 3.8) is 0 Å². The maximum atomic E-state index is 11.6. The van der Waals surface area contributed by atoms with Gasteiger partial charge in [-0.15, -0.1) is 6.58 Å². The molecule has 0 aliphatic carbocycles. The topological polar surface area (TPSA) is 30.2 Å². The first-order chi connectivity index (χ1) is 7.25. The van der Waals surface area contributed by atoms with E-state index in [-0.39, 0.29) is 5.78 Å². The van der Waals surface area contributed by atoms with Crippen LogP contribution in [-0.2, 0) is 0 Å². The van der Waals surface area contributed by atoms with Crippen LogP contribution in [0.3, 0.4) is 0 Å². The number of carbonyl (C=O) groups excluding carboxylic acids is 1. The van der Waals surface area contributed by atoms with E-state index in [9.17, 15) is 4.79 Å². The molecule has 1 rings (SSSR count). The highest BCUT2D eigenvalue weighted by Crippen LogP contribution is 2.20. The molecule has 1 aromatic rings. The summed E-state index contributed by atoms with van der Waals surface area (Å²) in [7, 11) is 0. The summed E-state index contributed by atoms with van der Waals surface area (Å²) in [6.07, 6.45) is 8.18. The van der Waals surface area contributed by atoms with Gasteiger partial charge < -0.3 is 4.42 Å². The van der Waals surface area contributed by atoms with Crippen LogP contribution in [0.1, 0.15) is 42.5 Å². The molecule has 15 heavy (non-hydrogen) atoms. The van der Waals surface area contributed by atoms with Gasteiger partial charge in [0.05, 0.1) is 11.8 Å². The second-order valence-electron chi connectivity index (χ2n) is 3.42. The van der Waals surface area contributed by atoms with Gasteiger partial charge in [0.25, 0.3) is 0 Å². The largest absolute Gasteiger partial charge is 0.457 e. The van der Waals surface area contributed by atoms with Crippen molar-refractivity contribution in [1.29, 1.82) is 0 Å². The van der Waals surface area contributed by atoms with E-state index in [1.54, 1.807) is 6.07 Å². The van der Waals surface area contributed by atoms with E-state index in [0.29, 0.717) is 16.7 Å². The maximum Gasteiger partial charge on any atom is 0.179 e. The fourth-order valence-corrected chi connectivity index (χ4v) is 1.84. The molecule has 0 N–H and O–H groups in total. The lowest BCUT2D eigenvalue weighted by Crippen LogP contribution is -1.97. The molecule has 3 heteroatoms. The maximum absolute atomic E-state index is 11.6. The van der Waals surface area contributed by atoms with Gasteiger partial charge in [0.15, 0.2) is 10.5 Å². The predicted octanol–water partition coefficient (Wildman–Crippen LogP) is 4.36. The smallest absolute Gasteiger partial charge is 0.179 e. The van der Waals surface area contributed by atoms with Gasteiger partial charge in [-0.05, 0) is 41.3 Å². The molecule has 0 aromatic carbocycles. The highest BCUT2D eigenvalue weighted by atomic mass is 79.9. The van der Waals surface area contributed by atoms with Crippen molar-refractivity contribution in [3.05, 3.63) is 35.2 Å². The summed E-state index contributed by atoms with van der Waals surface area (Å²) in [5, 5.41) is 0. The van der Waals surface area contributed by atoms with Crippen LogP contribution in [0.4, 0.5) is 0 Å². The number of unbranched alkanes of at least 4 members (excludes halogenated alkanes) is 3. The van der Waals surface area contributed by atoms with Crippen molar-refractivity contribution in [2.75, 3.05) is 0 Å². The Balaban J connectivity index is 2.25. The van der Waals surface area contributed by atoms with E-state index in [1.807, 2.05) is 6.08 Å². The number of rotatable bonds is 7. The van der Waals surface area contributed by atoms with Crippen LogP contribution in [-0.4, -0.2) is 5.78 Å². The molecule has 0 saturated carbocycles. The van der Waals surface area contributed by atoms with Crippen molar-refractivity contribution in [3.8, 4) is 0 Å². The van der Waals surface area contributed by atoms with Gasteiger partial charge in [0.1, 0.15) is 0 Å². The lowest BCUT2D eigenvalue weighted by molar-refractivity contribution is 0.0977. The number of allylic oxidation sites excluding steroid dienone is 1. The SMILES string of the molecule is C=CCCCCCC(=O)c1ccoc1Br. The van der Waals surface area contributed by atoms with Crippen molar-refractivity contribution in [2.24, 2.45) is 0 Å². The molecule has 0 saturated heterocycles. The molecule has 0 radical (unpaired) electrons. The zero-order valence-corrected chi connectivity index (χ0v) is 10.3. The standard InChI is InChI=1S/C12H15BrO2/c1-2-3-4-5-6-7-11(14)10-8-9-15-12(10)13/h2,8-9H,1,3-7H2. The Morgan fingerprint density at radius 1 is 1.47 bits per heavy atom. The van der Waals surface area contributed by atoms with Crippen LogP contribution in [0, 0.1) is 0 Å². The van der Waals surface area contributed by atoms with E-state index in [4.69, 9.17) is 4.42 Å². The second kappa shape index (κ2) is 6.62. The van der Waals surface area contributed by atoms with Gasteiger partial charge in [-0.1, -0.05) is 12.5 Å². The first-order valence-electron chi connectivity index (χ1n) is 5.12. The fourth-order valence-electron chi connectivity index (χ4n) is 1.38. The van der Waals surface area contributed by atoms with Gasteiger partial charge in [0, 0.05) is 6.42 Å². The third-order valence-corrected chi connectivity index (χ3v) is 2.84. The summed E-state index contributed by atoms with van der Waals surface area (Å²) in [6.45, 7) is 3.66. The summed E-state index contributed by atoms with van der Waals surface area (Å²) in [6, 6.07) is 1.70. The van der Waals surface area contributed by atoms with Crippen molar-refractivity contribution < 1.29 is 9.21 Å². The van der Waals surface area contributed by atoms with E-state index in [1.165, 1.54) is 6.26 Å². The molecule has 0 amide bonds. The normalized spacial score (nSPS) is 10.2. The first kappa shape index (κ1) is 12.2. The van der Waals surface area contributed by atoms with Crippen molar-refractivity contribution >= 4 is 21.7 Å². The van der Waals surface area contributed by atoms with Gasteiger partial charge in [-0.3, -0.25) is 4.79 Å². The summed E-state index contributed by atoms with van der Waals surface area (Å²) >= 11 is 3.20. The van der Waals surface area contributed by atoms with Crippen LogP contribution >= 0.6 is 15.9 Å². The quantitative estimate of drug-likeness (QED) is 0.419. The van der Waals surface area contributed by atoms with Crippen molar-refractivity contribution in [2.45, 2.75) is 32.1 Å². The van der Waals surface area contributed by atoms with Gasteiger partial charge in [-0.25, -0.2) is 0 Å². The zero-order chi connectivity index (χ0) is 11.1. The highest BCUT2D eigenvalue weighted by molar-refractivity contribution is 9.10. The van der Waals surface area contributed by atoms with Crippen LogP contribution in [0.5, 0.6) is 0 Å². The van der Waals surface area contributed by atoms with E-state index >= 15 is 0 Å². The third kappa shape index (κ3) is 4.04. The minimum Gasteiger partial charge on any atom is -0.457 e. The number of ketones is 1. The Morgan fingerprint density at radius 2 is 2.27 bits per heavy atom. The lowest BCUT2D eigenvalue weighted by Gasteiger charge is -1.98. The molecular weight excluding hydrogens is 256 g/mol. The Bertz CT molecular complexity index is 328. The Morgan fingerprint density at radius 3 is 2.87 bits per heavy atom. The number of hydrogen-bond acceptors (Lipinski definition) is 2. The summed E-state index contributed by atoms with van der Waals surface area (Å²) in [4.78, 5) is 11.6. The Hall–Kier alpha value is -0.830. The van der Waals surface area contributed by atoms with Crippen LogP contribution in [0.2, 0.25) is 0 Å². The summed E-state index contributed by atoms with van der Waals surface area (Å²) < 4.78 is 5.55. The molecule has 0 fully saturated rings. The number of carbonyl (C=O) groups is 1. The first-order valence-corrected chi connectivity index (χ1v) is 5.92. The average molecular weight is 271 g/mol. The number of furan rings is 1. The third-order valence-electron chi connectivity index (χ3n) is 2.23. The fraction of sp³-hybridized carbons (Fsp3) is 0.417. The Kier molecular flexibility index (Phi) is 5.40. The zero-order valence-electron chi connectivity index (χ0n) is 8.67. The minimum atomic E-state index is 0.147. The lowest BCUT2D eigenvalue weighted by atomic mass is 10.1. The molecular formula is C12H15BrO2. The Labute approximate surface area is 98.5 Å². The van der Waals surface area contributed by atoms with E-state index in [2.05, 4.69) is 22.5 Å². The molecule has 0 aliphatic rings. The molecule has 0 spiro atoms. The molecule has 1 aromatic heterocycles. The average Bonchev–Trinajstić information content (AvgIpc) is 2.64. The molecule has 0 bridgehead atoms. The molecule has 0 unspecified atom stereocenters. The molecule has 82 valence electrons. The number of Topliss-reactive ketones (excluding diaryl/α,β-unsaturated/α-hetero) is 1. The molecule has 0 atom stereocenters. The summed E-state index contributed by atoms with van der Waals surface area (Å²) in [5.41, 5.74) is 0.652. The molecule has 1 heterocycles. The predicted molar refractivity (Wildman–Crippen MR) is 64.0 cm³/mol. The summed E-state index contributed by atoms with van der Waals surface area (Å²) in [5.74, 6) is 0.147. The van der Waals surface area contributed by atoms with Crippen LogP contribution < -0.4 is 0 Å². The van der Waals surface area contributed by atoms with E-state index in [0.717, 1.165) is 25.7 Å². The minimum absolute atomic E-state index is 0.147. The van der Waals surface area contributed by atoms with Crippen LogP contribution in [0.15, 0.2) is 34.1 Å².